The van der Waals surface area contributed by atoms with E-state index in [0.29, 0.717) is 17.1 Å². The number of nitrogens with zero attached hydrogens (tertiary/aromatic N) is 2. The molecule has 6 nitrogen and oxygen atoms in total. The van der Waals surface area contributed by atoms with E-state index in [1.54, 1.807) is 6.07 Å². The second kappa shape index (κ2) is 10.8. The van der Waals surface area contributed by atoms with Crippen molar-refractivity contribution in [1.29, 1.82) is 0 Å². The molecule has 2 rings (SSSR count). The summed E-state index contributed by atoms with van der Waals surface area (Å²) in [4.78, 5) is 18.0. The van der Waals surface area contributed by atoms with Gasteiger partial charge < -0.3 is 14.2 Å². The zero-order valence-corrected chi connectivity index (χ0v) is 13.6. The van der Waals surface area contributed by atoms with Gasteiger partial charge in [-0.2, -0.15) is 0 Å². The third-order valence-corrected chi connectivity index (χ3v) is 3.20. The Morgan fingerprint density at radius 2 is 2.00 bits per heavy atom. The molecule has 7 heteroatoms. The molecule has 0 unspecified atom stereocenters. The van der Waals surface area contributed by atoms with Gasteiger partial charge in [0.05, 0.1) is 26.6 Å². The fourth-order valence-corrected chi connectivity index (χ4v) is 2.06. The predicted molar refractivity (Wildman–Crippen MR) is 82.7 cm³/mol. The number of carbonyl (C=O) groups excluding carboxylic acids is 1. The number of rotatable bonds is 4. The van der Waals surface area contributed by atoms with Crippen LogP contribution in [0.2, 0.25) is 5.15 Å². The van der Waals surface area contributed by atoms with E-state index in [-0.39, 0.29) is 0 Å². The zero-order chi connectivity index (χ0) is 16.2. The van der Waals surface area contributed by atoms with Crippen LogP contribution in [0, 0.1) is 0 Å². The van der Waals surface area contributed by atoms with Gasteiger partial charge >= 0.3 is 5.97 Å². The predicted octanol–water partition coefficient (Wildman–Crippen LogP) is 3.16. The van der Waals surface area contributed by atoms with E-state index in [9.17, 15) is 4.79 Å². The lowest BCUT2D eigenvalue weighted by Gasteiger charge is -2.22. The number of methoxy groups -OCH3 is 2. The van der Waals surface area contributed by atoms with E-state index in [1.165, 1.54) is 52.1 Å². The number of carbonyl (C=O) groups is 1. The first-order valence-electron chi connectivity index (χ1n) is 7.07. The van der Waals surface area contributed by atoms with Crippen molar-refractivity contribution in [2.75, 3.05) is 14.2 Å². The molecular weight excluding hydrogens is 308 g/mol. The summed E-state index contributed by atoms with van der Waals surface area (Å²) in [7, 11) is 2.77. The molecule has 0 aromatic carbocycles. The zero-order valence-electron chi connectivity index (χ0n) is 12.8. The van der Waals surface area contributed by atoms with Crippen LogP contribution in [-0.2, 0) is 14.3 Å². The molecule has 0 atom stereocenters. The monoisotopic (exact) mass is 328 g/mol. The number of hydrogen-bond acceptors (Lipinski definition) is 6. The normalized spacial score (nSPS) is 14.9. The Bertz CT molecular complexity index is 476. The highest BCUT2D eigenvalue weighted by Gasteiger charge is 2.15. The van der Waals surface area contributed by atoms with Crippen molar-refractivity contribution >= 4 is 17.6 Å². The molecule has 1 heterocycles. The van der Waals surface area contributed by atoms with Crippen LogP contribution >= 0.6 is 11.6 Å². The molecular formula is C15H21ClN2O4. The van der Waals surface area contributed by atoms with Crippen molar-refractivity contribution < 1.29 is 19.0 Å². The lowest BCUT2D eigenvalue weighted by Crippen LogP contribution is -2.20. The van der Waals surface area contributed by atoms with Crippen LogP contribution in [0.5, 0.6) is 5.88 Å². The Balaban J connectivity index is 0.000000261. The van der Waals surface area contributed by atoms with Crippen LogP contribution in [-0.4, -0.2) is 36.3 Å². The summed E-state index contributed by atoms with van der Waals surface area (Å²) < 4.78 is 14.4. The smallest absolute Gasteiger partial charge is 0.333 e. The summed E-state index contributed by atoms with van der Waals surface area (Å²) >= 11 is 5.73. The van der Waals surface area contributed by atoms with Gasteiger partial charge in [0.2, 0.25) is 5.88 Å². The van der Waals surface area contributed by atoms with Gasteiger partial charge in [0.1, 0.15) is 17.6 Å². The molecule has 0 amide bonds. The first-order valence-corrected chi connectivity index (χ1v) is 7.45. The van der Waals surface area contributed by atoms with E-state index in [1.807, 2.05) is 0 Å². The van der Waals surface area contributed by atoms with Crippen molar-refractivity contribution in [2.24, 2.45) is 0 Å². The van der Waals surface area contributed by atoms with E-state index in [4.69, 9.17) is 16.3 Å². The van der Waals surface area contributed by atoms with E-state index in [2.05, 4.69) is 19.4 Å². The van der Waals surface area contributed by atoms with Crippen LogP contribution < -0.4 is 4.74 Å². The maximum absolute atomic E-state index is 10.2. The lowest BCUT2D eigenvalue weighted by molar-refractivity contribution is -0.134. The molecule has 1 aromatic rings. The second-order valence-electron chi connectivity index (χ2n) is 4.62. The van der Waals surface area contributed by atoms with E-state index >= 15 is 0 Å². The molecule has 1 aromatic heterocycles. The molecule has 0 bridgehead atoms. The minimum absolute atomic E-state index is 0.315. The fourth-order valence-electron chi connectivity index (χ4n) is 1.93. The van der Waals surface area contributed by atoms with Crippen molar-refractivity contribution in [2.45, 2.75) is 38.2 Å². The Morgan fingerprint density at radius 1 is 1.27 bits per heavy atom. The summed E-state index contributed by atoms with van der Waals surface area (Å²) in [5, 5.41) is 0.436. The van der Waals surface area contributed by atoms with E-state index in [0.717, 1.165) is 12.8 Å². The number of ether oxygens (including phenoxy) is 3. The second-order valence-corrected chi connectivity index (χ2v) is 5.01. The van der Waals surface area contributed by atoms with Crippen molar-refractivity contribution in [3.63, 3.8) is 0 Å². The van der Waals surface area contributed by atoms with Gasteiger partial charge in [0.25, 0.3) is 0 Å². The standard InChI is InChI=1S/C10H13ClN2O.C5H8O3/c11-9-6-10(13-7-12-9)14-8-4-2-1-3-5-8;1-7-4-3-5(6)8-2/h6-8H,1-5H2;3-4H,1-2H3/b;4-3+. The lowest BCUT2D eigenvalue weighted by atomic mass is 9.98. The van der Waals surface area contributed by atoms with Crippen LogP contribution in [0.15, 0.2) is 24.7 Å². The highest BCUT2D eigenvalue weighted by Crippen LogP contribution is 2.22. The molecule has 1 aliphatic carbocycles. The number of aromatic nitrogens is 2. The molecule has 0 saturated heterocycles. The van der Waals surface area contributed by atoms with Gasteiger partial charge in [-0.15, -0.1) is 0 Å². The van der Waals surface area contributed by atoms with Gasteiger partial charge in [-0.1, -0.05) is 18.0 Å². The molecule has 122 valence electrons. The molecule has 0 N–H and O–H groups in total. The quantitative estimate of drug-likeness (QED) is 0.366. The van der Waals surface area contributed by atoms with Crippen molar-refractivity contribution in [3.05, 3.63) is 29.9 Å². The van der Waals surface area contributed by atoms with Gasteiger partial charge in [-0.25, -0.2) is 14.8 Å². The average molecular weight is 329 g/mol. The molecule has 0 radical (unpaired) electrons. The Morgan fingerprint density at radius 3 is 2.59 bits per heavy atom. The molecule has 0 aliphatic heterocycles. The third-order valence-electron chi connectivity index (χ3n) is 2.99. The van der Waals surface area contributed by atoms with Crippen LogP contribution in [0.3, 0.4) is 0 Å². The summed E-state index contributed by atoms with van der Waals surface area (Å²) in [5.74, 6) is 0.184. The Labute approximate surface area is 135 Å². The van der Waals surface area contributed by atoms with Gasteiger partial charge in [-0.05, 0) is 25.7 Å². The number of hydrogen-bond donors (Lipinski definition) is 0. The van der Waals surface area contributed by atoms with Crippen LogP contribution in [0.25, 0.3) is 0 Å². The minimum atomic E-state index is -0.410. The first-order chi connectivity index (χ1) is 10.7. The topological polar surface area (TPSA) is 70.5 Å². The molecule has 0 spiro atoms. The largest absolute Gasteiger partial charge is 0.504 e. The van der Waals surface area contributed by atoms with Crippen LogP contribution in [0.1, 0.15) is 32.1 Å². The van der Waals surface area contributed by atoms with Crippen LogP contribution in [0.4, 0.5) is 0 Å². The maximum Gasteiger partial charge on any atom is 0.333 e. The average Bonchev–Trinajstić information content (AvgIpc) is 2.54. The summed E-state index contributed by atoms with van der Waals surface area (Å²) in [5.41, 5.74) is 0. The number of halogens is 1. The first kappa shape index (κ1) is 18.2. The Hall–Kier alpha value is -1.82. The molecule has 1 fully saturated rings. The van der Waals surface area contributed by atoms with Gasteiger partial charge in [-0.3, -0.25) is 0 Å². The minimum Gasteiger partial charge on any atom is -0.504 e. The molecule has 1 saturated carbocycles. The Kier molecular flexibility index (Phi) is 8.98. The number of esters is 1. The van der Waals surface area contributed by atoms with Gasteiger partial charge in [0, 0.05) is 6.07 Å². The summed E-state index contributed by atoms with van der Waals surface area (Å²) in [6.45, 7) is 0. The van der Waals surface area contributed by atoms with Crippen molar-refractivity contribution in [3.8, 4) is 5.88 Å². The summed E-state index contributed by atoms with van der Waals surface area (Å²) in [6.07, 6.45) is 10.3. The highest BCUT2D eigenvalue weighted by molar-refractivity contribution is 6.29. The van der Waals surface area contributed by atoms with E-state index < -0.39 is 5.97 Å². The van der Waals surface area contributed by atoms with Gasteiger partial charge in [0.15, 0.2) is 0 Å². The summed E-state index contributed by atoms with van der Waals surface area (Å²) in [6, 6.07) is 1.66. The maximum atomic E-state index is 10.2. The highest BCUT2D eigenvalue weighted by atomic mass is 35.5. The SMILES string of the molecule is CO/C=C/C(=O)OC.Clc1cc(OC2CCCCC2)ncn1. The third kappa shape index (κ3) is 7.83. The molecule has 22 heavy (non-hydrogen) atoms. The fraction of sp³-hybridized carbons (Fsp3) is 0.533. The molecule has 1 aliphatic rings. The van der Waals surface area contributed by atoms with Crippen molar-refractivity contribution in [1.82, 2.24) is 9.97 Å².